The minimum absolute atomic E-state index is 0.968. The molecule has 0 saturated carbocycles. The Morgan fingerprint density at radius 2 is 1.27 bits per heavy atom. The van der Waals surface area contributed by atoms with Gasteiger partial charge >= 0.3 is 0 Å². The van der Waals surface area contributed by atoms with Crippen molar-refractivity contribution in [2.75, 3.05) is 4.90 Å². The number of thiophene rings is 2. The van der Waals surface area contributed by atoms with Crippen LogP contribution in [-0.2, 0) is 0 Å². The van der Waals surface area contributed by atoms with Crippen LogP contribution in [0.3, 0.4) is 0 Å². The normalized spacial score (nSPS) is 12.5. The van der Waals surface area contributed by atoms with E-state index < -0.39 is 0 Å². The number of anilines is 3. The van der Waals surface area contributed by atoms with E-state index >= 15 is 0 Å². The highest BCUT2D eigenvalue weighted by atomic mass is 32.1. The summed E-state index contributed by atoms with van der Waals surface area (Å²) in [7, 11) is 0. The molecule has 6 aromatic carbocycles. The fourth-order valence-corrected chi connectivity index (χ4v) is 9.17. The lowest BCUT2D eigenvalue weighted by molar-refractivity contribution is 1.28. The molecule has 8 aromatic rings. The van der Waals surface area contributed by atoms with E-state index in [0.717, 1.165) is 39.5 Å². The van der Waals surface area contributed by atoms with Crippen molar-refractivity contribution in [2.24, 2.45) is 0 Å². The van der Waals surface area contributed by atoms with Crippen LogP contribution in [0.4, 0.5) is 17.1 Å². The molecule has 0 saturated heterocycles. The highest BCUT2D eigenvalue weighted by Gasteiger charge is 2.14. The zero-order valence-corrected chi connectivity index (χ0v) is 30.3. The van der Waals surface area contributed by atoms with Gasteiger partial charge in [0.05, 0.1) is 0 Å². The maximum Gasteiger partial charge on any atom is 0.0462 e. The molecule has 0 radical (unpaired) electrons. The second-order valence-electron chi connectivity index (χ2n) is 12.7. The zero-order chi connectivity index (χ0) is 34.1. The Balaban J connectivity index is 1.07. The van der Waals surface area contributed by atoms with Crippen molar-refractivity contribution < 1.29 is 0 Å². The third kappa shape index (κ3) is 6.39. The van der Waals surface area contributed by atoms with Crippen molar-refractivity contribution in [2.45, 2.75) is 11.3 Å². The van der Waals surface area contributed by atoms with E-state index in [1.807, 2.05) is 40.9 Å². The number of allylic oxidation sites excluding steroid dienone is 2. The fourth-order valence-electron chi connectivity index (χ4n) is 6.77. The lowest BCUT2D eigenvalue weighted by atomic mass is 10.0. The minimum Gasteiger partial charge on any atom is -0.311 e. The molecular weight excluding hydrogens is 675 g/mol. The average molecular weight is 708 g/mol. The van der Waals surface area contributed by atoms with Gasteiger partial charge in [-0.15, -0.1) is 35.3 Å². The molecule has 1 aliphatic carbocycles. The Morgan fingerprint density at radius 1 is 0.588 bits per heavy atom. The molecule has 9 rings (SSSR count). The standard InChI is InChI=1S/C47H33NS3/c49-43-11-6-4-8-34(43)17-14-32-15-23-38(24-16-32)48(40-27-20-35(21-28-40)47-31-37-9-5-7-12-44(37)50-47)39-25-18-33(19-26-39)36-22-29-46-42(30-36)41-10-2-1-3-13-45(41)51-46/h1,3-31,49H,2H2/b17-14+. The minimum atomic E-state index is 0.968. The molecule has 0 fully saturated rings. The second kappa shape index (κ2) is 13.7. The summed E-state index contributed by atoms with van der Waals surface area (Å²) in [5.41, 5.74) is 9.24. The summed E-state index contributed by atoms with van der Waals surface area (Å²) in [4.78, 5) is 4.59. The van der Waals surface area contributed by atoms with Gasteiger partial charge in [-0.1, -0.05) is 109 Å². The van der Waals surface area contributed by atoms with Crippen LogP contribution >= 0.6 is 35.3 Å². The van der Waals surface area contributed by atoms with Crippen LogP contribution in [0.15, 0.2) is 163 Å². The highest BCUT2D eigenvalue weighted by Crippen LogP contribution is 2.39. The van der Waals surface area contributed by atoms with Gasteiger partial charge in [-0.25, -0.2) is 0 Å². The molecule has 0 amide bonds. The fraction of sp³-hybridized carbons (Fsp3) is 0.0213. The molecular formula is C47H33NS3. The average Bonchev–Trinajstić information content (AvgIpc) is 3.68. The quantitative estimate of drug-likeness (QED) is 0.127. The van der Waals surface area contributed by atoms with E-state index in [-0.39, 0.29) is 0 Å². The van der Waals surface area contributed by atoms with E-state index in [9.17, 15) is 0 Å². The summed E-state index contributed by atoms with van der Waals surface area (Å²) in [5, 5.41) is 3.98. The molecule has 2 aromatic heterocycles. The van der Waals surface area contributed by atoms with Crippen LogP contribution in [0.1, 0.15) is 17.5 Å². The van der Waals surface area contributed by atoms with E-state index in [2.05, 4.69) is 181 Å². The van der Waals surface area contributed by atoms with Gasteiger partial charge in [0.15, 0.2) is 0 Å². The van der Waals surface area contributed by atoms with Crippen LogP contribution in [0, 0.1) is 0 Å². The molecule has 0 bridgehead atoms. The topological polar surface area (TPSA) is 3.24 Å². The summed E-state index contributed by atoms with van der Waals surface area (Å²) >= 11 is 8.33. The highest BCUT2D eigenvalue weighted by molar-refractivity contribution is 7.80. The van der Waals surface area contributed by atoms with Crippen molar-refractivity contribution >= 4 is 96.8 Å². The molecule has 244 valence electrons. The largest absolute Gasteiger partial charge is 0.311 e. The molecule has 0 N–H and O–H groups in total. The Kier molecular flexibility index (Phi) is 8.50. The van der Waals surface area contributed by atoms with Crippen molar-refractivity contribution in [3.05, 3.63) is 179 Å². The first-order chi connectivity index (χ1) is 25.2. The van der Waals surface area contributed by atoms with Gasteiger partial charge in [-0.3, -0.25) is 0 Å². The van der Waals surface area contributed by atoms with Crippen molar-refractivity contribution in [1.82, 2.24) is 0 Å². The maximum atomic E-state index is 4.62. The molecule has 1 nitrogen and oxygen atoms in total. The first kappa shape index (κ1) is 31.6. The van der Waals surface area contributed by atoms with Crippen molar-refractivity contribution in [1.29, 1.82) is 0 Å². The van der Waals surface area contributed by atoms with Gasteiger partial charge in [0.2, 0.25) is 0 Å². The van der Waals surface area contributed by atoms with Gasteiger partial charge in [-0.05, 0) is 118 Å². The van der Waals surface area contributed by atoms with Crippen LogP contribution in [0.25, 0.3) is 66.0 Å². The van der Waals surface area contributed by atoms with E-state index in [0.29, 0.717) is 0 Å². The van der Waals surface area contributed by atoms with Gasteiger partial charge in [0, 0.05) is 46.2 Å². The number of benzene rings is 6. The summed E-state index contributed by atoms with van der Waals surface area (Å²) < 4.78 is 3.99. The third-order valence-corrected chi connectivity index (χ3v) is 12.2. The molecule has 0 spiro atoms. The van der Waals surface area contributed by atoms with Crippen LogP contribution in [-0.4, -0.2) is 0 Å². The summed E-state index contributed by atoms with van der Waals surface area (Å²) in [6.07, 6.45) is 14.2. The molecule has 0 atom stereocenters. The van der Waals surface area contributed by atoms with Crippen LogP contribution in [0.2, 0.25) is 0 Å². The molecule has 4 heteroatoms. The van der Waals surface area contributed by atoms with Crippen LogP contribution in [0.5, 0.6) is 0 Å². The Hall–Kier alpha value is -5.39. The SMILES string of the molecule is Sc1ccccc1/C=C/c1ccc(N(c2ccc(-c3ccc4sc5c(c4c3)=CCC=CC=5)cc2)c2ccc(-c3cc4ccccc4s3)cc2)cc1. The van der Waals surface area contributed by atoms with Gasteiger partial charge in [0.25, 0.3) is 0 Å². The molecule has 51 heavy (non-hydrogen) atoms. The van der Waals surface area contributed by atoms with Crippen LogP contribution < -0.4 is 14.7 Å². The first-order valence-electron chi connectivity index (χ1n) is 17.1. The number of fused-ring (bicyclic) bond motifs is 4. The number of hydrogen-bond donors (Lipinski definition) is 1. The van der Waals surface area contributed by atoms with Gasteiger partial charge < -0.3 is 4.90 Å². The zero-order valence-electron chi connectivity index (χ0n) is 27.7. The number of thiol groups is 1. The first-order valence-corrected chi connectivity index (χ1v) is 19.2. The molecule has 0 aliphatic heterocycles. The maximum absolute atomic E-state index is 4.62. The molecule has 2 heterocycles. The number of nitrogens with zero attached hydrogens (tertiary/aromatic N) is 1. The van der Waals surface area contributed by atoms with Gasteiger partial charge in [-0.2, -0.15) is 0 Å². The molecule has 1 aliphatic rings. The van der Waals surface area contributed by atoms with E-state index in [4.69, 9.17) is 0 Å². The number of rotatable bonds is 7. The molecule has 0 unspecified atom stereocenters. The van der Waals surface area contributed by atoms with Crippen molar-refractivity contribution in [3.63, 3.8) is 0 Å². The predicted molar refractivity (Wildman–Crippen MR) is 227 cm³/mol. The summed E-state index contributed by atoms with van der Waals surface area (Å²) in [5.74, 6) is 0. The van der Waals surface area contributed by atoms with E-state index in [1.54, 1.807) is 0 Å². The Labute approximate surface area is 311 Å². The smallest absolute Gasteiger partial charge is 0.0462 e. The summed E-state index contributed by atoms with van der Waals surface area (Å²) in [6.45, 7) is 0. The monoisotopic (exact) mass is 707 g/mol. The van der Waals surface area contributed by atoms with Gasteiger partial charge in [0.1, 0.15) is 0 Å². The lowest BCUT2D eigenvalue weighted by Crippen LogP contribution is -2.17. The predicted octanol–water partition coefficient (Wildman–Crippen LogP) is 12.9. The van der Waals surface area contributed by atoms with Crippen molar-refractivity contribution in [3.8, 4) is 21.6 Å². The van der Waals surface area contributed by atoms with E-state index in [1.165, 1.54) is 51.5 Å². The Bertz CT molecular complexity index is 2680. The lowest BCUT2D eigenvalue weighted by Gasteiger charge is -2.26. The number of hydrogen-bond acceptors (Lipinski definition) is 4. The Morgan fingerprint density at radius 3 is 2.04 bits per heavy atom. The third-order valence-electron chi connectivity index (χ3n) is 9.43. The summed E-state index contributed by atoms with van der Waals surface area (Å²) in [6, 6.07) is 52.7. The second-order valence-corrected chi connectivity index (χ2v) is 15.3.